The van der Waals surface area contributed by atoms with Gasteiger partial charge in [0.25, 0.3) is 5.91 Å². The Bertz CT molecular complexity index is 491. The van der Waals surface area contributed by atoms with Crippen LogP contribution in [-0.4, -0.2) is 45.7 Å². The van der Waals surface area contributed by atoms with Crippen LogP contribution in [0, 0.1) is 0 Å². The Morgan fingerprint density at radius 3 is 2.72 bits per heavy atom. The second-order valence-corrected chi connectivity index (χ2v) is 4.65. The van der Waals surface area contributed by atoms with Gasteiger partial charge >= 0.3 is 5.97 Å². The van der Waals surface area contributed by atoms with E-state index in [1.54, 1.807) is 18.2 Å². The fourth-order valence-corrected chi connectivity index (χ4v) is 2.25. The Morgan fingerprint density at radius 2 is 2.11 bits per heavy atom. The van der Waals surface area contributed by atoms with E-state index in [0.717, 1.165) is 0 Å². The number of carbonyl (C=O) groups excluding carboxylic acids is 1. The summed E-state index contributed by atoms with van der Waals surface area (Å²) in [7, 11) is 0. The average molecular weight is 270 g/mol. The molecule has 0 saturated carbocycles. The highest BCUT2D eigenvalue weighted by molar-refractivity contribution is 6.31. The van der Waals surface area contributed by atoms with E-state index in [9.17, 15) is 14.7 Å². The summed E-state index contributed by atoms with van der Waals surface area (Å²) in [5, 5.41) is 18.9. The summed E-state index contributed by atoms with van der Waals surface area (Å²) in [5.41, 5.74) is 0.322. The topological polar surface area (TPSA) is 77.8 Å². The molecule has 1 unspecified atom stereocenters. The van der Waals surface area contributed by atoms with Crippen molar-refractivity contribution in [1.82, 2.24) is 4.90 Å². The van der Waals surface area contributed by atoms with Crippen LogP contribution in [0.25, 0.3) is 0 Å². The maximum Gasteiger partial charge on any atom is 0.326 e. The smallest absolute Gasteiger partial charge is 0.326 e. The van der Waals surface area contributed by atoms with Gasteiger partial charge in [-0.3, -0.25) is 4.79 Å². The molecule has 1 aromatic rings. The summed E-state index contributed by atoms with van der Waals surface area (Å²) in [6, 6.07) is 5.32. The third-order valence-electron chi connectivity index (χ3n) is 2.90. The number of nitrogens with zero attached hydrogens (tertiary/aromatic N) is 1. The second-order valence-electron chi connectivity index (χ2n) is 4.21. The van der Waals surface area contributed by atoms with E-state index in [1.165, 1.54) is 11.0 Å². The van der Waals surface area contributed by atoms with Gasteiger partial charge < -0.3 is 15.1 Å². The van der Waals surface area contributed by atoms with Crippen LogP contribution >= 0.6 is 11.6 Å². The van der Waals surface area contributed by atoms with Gasteiger partial charge in [0.1, 0.15) is 6.04 Å². The maximum atomic E-state index is 12.2. The lowest BCUT2D eigenvalue weighted by Crippen LogP contribution is -2.40. The van der Waals surface area contributed by atoms with Gasteiger partial charge in [-0.05, 0) is 18.2 Å². The minimum Gasteiger partial charge on any atom is -0.480 e. The normalized spacial score (nSPS) is 23.1. The van der Waals surface area contributed by atoms with Gasteiger partial charge in [-0.25, -0.2) is 4.79 Å². The SMILES string of the molecule is O=C(O)[C@@H]1CC(O)CN1C(=O)c1cccc(Cl)c1. The molecule has 18 heavy (non-hydrogen) atoms. The third kappa shape index (κ3) is 2.47. The molecule has 0 spiro atoms. The molecular formula is C12H12ClNO4. The Hall–Kier alpha value is -1.59. The van der Waals surface area contributed by atoms with Crippen LogP contribution in [0.2, 0.25) is 5.02 Å². The Kier molecular flexibility index (Phi) is 3.54. The highest BCUT2D eigenvalue weighted by Gasteiger charge is 2.39. The van der Waals surface area contributed by atoms with Gasteiger partial charge in [-0.2, -0.15) is 0 Å². The van der Waals surface area contributed by atoms with E-state index in [0.29, 0.717) is 10.6 Å². The summed E-state index contributed by atoms with van der Waals surface area (Å²) >= 11 is 5.79. The third-order valence-corrected chi connectivity index (χ3v) is 3.13. The number of hydrogen-bond donors (Lipinski definition) is 2. The highest BCUT2D eigenvalue weighted by Crippen LogP contribution is 2.22. The lowest BCUT2D eigenvalue weighted by atomic mass is 10.1. The minimum absolute atomic E-state index is 0.0301. The quantitative estimate of drug-likeness (QED) is 0.840. The number of likely N-dealkylation sites (tertiary alicyclic amines) is 1. The van der Waals surface area contributed by atoms with Gasteiger partial charge in [-0.1, -0.05) is 17.7 Å². The van der Waals surface area contributed by atoms with Crippen molar-refractivity contribution in [3.05, 3.63) is 34.9 Å². The number of benzene rings is 1. The number of β-amino-alcohol motifs (C(OH)–C–C–N with tert-alkyl or cyclic N) is 1. The zero-order chi connectivity index (χ0) is 13.3. The monoisotopic (exact) mass is 269 g/mol. The number of aliphatic carboxylic acids is 1. The van der Waals surface area contributed by atoms with E-state index < -0.39 is 24.0 Å². The van der Waals surface area contributed by atoms with E-state index in [4.69, 9.17) is 16.7 Å². The molecule has 0 radical (unpaired) electrons. The van der Waals surface area contributed by atoms with Crippen molar-refractivity contribution in [2.45, 2.75) is 18.6 Å². The standard InChI is InChI=1S/C12H12ClNO4/c13-8-3-1-2-7(4-8)11(16)14-6-9(15)5-10(14)12(17)18/h1-4,9-10,15H,5-6H2,(H,17,18)/t9?,10-/m0/s1. The number of aliphatic hydroxyl groups is 1. The fourth-order valence-electron chi connectivity index (χ4n) is 2.06. The molecule has 1 saturated heterocycles. The van der Waals surface area contributed by atoms with E-state index >= 15 is 0 Å². The summed E-state index contributed by atoms with van der Waals surface area (Å²) in [4.78, 5) is 24.3. The van der Waals surface area contributed by atoms with Crippen LogP contribution < -0.4 is 0 Å². The number of aliphatic hydroxyl groups excluding tert-OH is 1. The van der Waals surface area contributed by atoms with E-state index in [2.05, 4.69) is 0 Å². The molecule has 0 aromatic heterocycles. The largest absolute Gasteiger partial charge is 0.480 e. The lowest BCUT2D eigenvalue weighted by Gasteiger charge is -2.21. The molecule has 96 valence electrons. The first-order chi connectivity index (χ1) is 8.49. The van der Waals surface area contributed by atoms with Crippen molar-refractivity contribution >= 4 is 23.5 Å². The number of rotatable bonds is 2. The first kappa shape index (κ1) is 12.9. The predicted molar refractivity (Wildman–Crippen MR) is 64.5 cm³/mol. The van der Waals surface area contributed by atoms with Gasteiger partial charge in [0.15, 0.2) is 0 Å². The zero-order valence-electron chi connectivity index (χ0n) is 9.41. The van der Waals surface area contributed by atoms with Crippen LogP contribution in [0.3, 0.4) is 0 Å². The zero-order valence-corrected chi connectivity index (χ0v) is 10.2. The Balaban J connectivity index is 2.25. The molecule has 1 fully saturated rings. The maximum absolute atomic E-state index is 12.2. The fraction of sp³-hybridized carbons (Fsp3) is 0.333. The molecule has 2 rings (SSSR count). The first-order valence-electron chi connectivity index (χ1n) is 5.46. The average Bonchev–Trinajstić information content (AvgIpc) is 2.70. The number of hydrogen-bond acceptors (Lipinski definition) is 3. The molecule has 5 nitrogen and oxygen atoms in total. The predicted octanol–water partition coefficient (Wildman–Crippen LogP) is 1.000. The molecule has 0 bridgehead atoms. The summed E-state index contributed by atoms with van der Waals surface area (Å²) in [5.74, 6) is -1.54. The number of halogens is 1. The lowest BCUT2D eigenvalue weighted by molar-refractivity contribution is -0.141. The Morgan fingerprint density at radius 1 is 1.39 bits per heavy atom. The van der Waals surface area contributed by atoms with E-state index in [-0.39, 0.29) is 13.0 Å². The highest BCUT2D eigenvalue weighted by atomic mass is 35.5. The van der Waals surface area contributed by atoms with Crippen molar-refractivity contribution in [2.24, 2.45) is 0 Å². The molecule has 1 aromatic carbocycles. The summed E-state index contributed by atoms with van der Waals surface area (Å²) < 4.78 is 0. The van der Waals surface area contributed by atoms with Crippen molar-refractivity contribution < 1.29 is 19.8 Å². The molecule has 2 atom stereocenters. The number of carboxylic acid groups (broad SMARTS) is 1. The summed E-state index contributed by atoms with van der Waals surface area (Å²) in [6.07, 6.45) is -0.740. The van der Waals surface area contributed by atoms with Crippen LogP contribution in [0.1, 0.15) is 16.8 Å². The minimum atomic E-state index is -1.11. The molecule has 0 aliphatic carbocycles. The molecule has 1 amide bonds. The van der Waals surface area contributed by atoms with Crippen LogP contribution in [-0.2, 0) is 4.79 Å². The molecular weight excluding hydrogens is 258 g/mol. The van der Waals surface area contributed by atoms with Crippen molar-refractivity contribution in [3.63, 3.8) is 0 Å². The second kappa shape index (κ2) is 4.96. The molecule has 6 heteroatoms. The molecule has 2 N–H and O–H groups in total. The molecule has 1 aliphatic rings. The number of amides is 1. The van der Waals surface area contributed by atoms with Gasteiger partial charge in [0, 0.05) is 23.6 Å². The van der Waals surface area contributed by atoms with Crippen molar-refractivity contribution in [2.75, 3.05) is 6.54 Å². The van der Waals surface area contributed by atoms with Gasteiger partial charge in [0.2, 0.25) is 0 Å². The molecule has 1 aliphatic heterocycles. The van der Waals surface area contributed by atoms with Crippen LogP contribution in [0.5, 0.6) is 0 Å². The van der Waals surface area contributed by atoms with E-state index in [1.807, 2.05) is 0 Å². The van der Waals surface area contributed by atoms with Gasteiger partial charge in [0.05, 0.1) is 6.10 Å². The van der Waals surface area contributed by atoms with Crippen molar-refractivity contribution in [3.8, 4) is 0 Å². The number of carboxylic acids is 1. The first-order valence-corrected chi connectivity index (χ1v) is 5.84. The Labute approximate surface area is 109 Å². The molecule has 1 heterocycles. The van der Waals surface area contributed by atoms with Crippen molar-refractivity contribution in [1.29, 1.82) is 0 Å². The van der Waals surface area contributed by atoms with Gasteiger partial charge in [-0.15, -0.1) is 0 Å². The number of carbonyl (C=O) groups is 2. The summed E-state index contributed by atoms with van der Waals surface area (Å²) in [6.45, 7) is 0.0301. The van der Waals surface area contributed by atoms with Crippen LogP contribution in [0.15, 0.2) is 24.3 Å². The van der Waals surface area contributed by atoms with Crippen LogP contribution in [0.4, 0.5) is 0 Å².